The zero-order chi connectivity index (χ0) is 16.6. The molecule has 0 aliphatic rings. The molecule has 23 heavy (non-hydrogen) atoms. The van der Waals surface area contributed by atoms with Crippen molar-refractivity contribution >= 4 is 62.2 Å². The van der Waals surface area contributed by atoms with Gasteiger partial charge in [-0.3, -0.25) is 0 Å². The second kappa shape index (κ2) is 6.57. The molecule has 0 bridgehead atoms. The molecule has 0 radical (unpaired) electrons. The fourth-order valence-corrected chi connectivity index (χ4v) is 3.89. The lowest BCUT2D eigenvalue weighted by Crippen LogP contribution is -2.09. The smallest absolute Gasteiger partial charge is 0.341 e. The van der Waals surface area contributed by atoms with E-state index in [0.717, 1.165) is 20.5 Å². The van der Waals surface area contributed by atoms with Crippen molar-refractivity contribution in [2.24, 2.45) is 0 Å². The maximum atomic E-state index is 10.6. The largest absolute Gasteiger partial charge is 0.480 e. The Hall–Kier alpha value is -1.46. The monoisotopic (exact) mass is 386 g/mol. The van der Waals surface area contributed by atoms with Gasteiger partial charge in [-0.15, -0.1) is 11.3 Å². The Bertz CT molecular complexity index is 888. The summed E-state index contributed by atoms with van der Waals surface area (Å²) in [7, 11) is 0. The van der Waals surface area contributed by atoms with Crippen LogP contribution in [0.1, 0.15) is 0 Å². The Morgan fingerprint density at radius 2 is 1.78 bits per heavy atom. The molecule has 0 amide bonds. The number of hydrogen-bond acceptors (Lipinski definition) is 3. The van der Waals surface area contributed by atoms with Crippen LogP contribution >= 0.6 is 46.1 Å². The lowest BCUT2D eigenvalue weighted by molar-refractivity contribution is -0.139. The van der Waals surface area contributed by atoms with Crippen LogP contribution in [0.5, 0.6) is 5.75 Å². The Kier molecular flexibility index (Phi) is 4.69. The first-order valence-corrected chi connectivity index (χ1v) is 8.43. The molecule has 0 aliphatic carbocycles. The number of carboxylic acid groups (broad SMARTS) is 1. The highest BCUT2D eigenvalue weighted by molar-refractivity contribution is 7.23. The molecule has 1 aromatic heterocycles. The van der Waals surface area contributed by atoms with Crippen molar-refractivity contribution in [3.05, 3.63) is 51.5 Å². The summed E-state index contributed by atoms with van der Waals surface area (Å²) in [6, 6.07) is 11.1. The molecular formula is C16H9Cl3O3S. The van der Waals surface area contributed by atoms with E-state index >= 15 is 0 Å². The highest BCUT2D eigenvalue weighted by atomic mass is 35.5. The molecule has 1 heterocycles. The van der Waals surface area contributed by atoms with Crippen LogP contribution in [0.15, 0.2) is 36.4 Å². The number of carboxylic acids is 1. The van der Waals surface area contributed by atoms with Crippen molar-refractivity contribution in [2.75, 3.05) is 6.61 Å². The second-order valence-electron chi connectivity index (χ2n) is 4.72. The number of halogens is 3. The molecule has 0 saturated heterocycles. The van der Waals surface area contributed by atoms with Crippen LogP contribution in [0, 0.1) is 0 Å². The third-order valence-corrected chi connectivity index (χ3v) is 5.57. The number of carbonyl (C=O) groups is 1. The zero-order valence-corrected chi connectivity index (χ0v) is 14.6. The van der Waals surface area contributed by atoms with E-state index in [4.69, 9.17) is 44.6 Å². The highest BCUT2D eigenvalue weighted by Gasteiger charge is 2.16. The number of ether oxygens (including phenoxy) is 1. The lowest BCUT2D eigenvalue weighted by atomic mass is 10.1. The van der Waals surface area contributed by atoms with Gasteiger partial charge in [0, 0.05) is 9.90 Å². The first-order chi connectivity index (χ1) is 11.0. The van der Waals surface area contributed by atoms with Crippen molar-refractivity contribution in [1.29, 1.82) is 0 Å². The van der Waals surface area contributed by atoms with E-state index in [-0.39, 0.29) is 10.8 Å². The summed E-state index contributed by atoms with van der Waals surface area (Å²) in [5.74, 6) is -0.823. The number of rotatable bonds is 4. The summed E-state index contributed by atoms with van der Waals surface area (Å²) in [6.45, 7) is -0.476. The Morgan fingerprint density at radius 1 is 1.09 bits per heavy atom. The Labute approximate surface area is 151 Å². The SMILES string of the molecule is O=C(O)COc1cc2cc(-c3ccc(Cl)cc3)sc2c(Cl)c1Cl. The topological polar surface area (TPSA) is 46.5 Å². The molecule has 0 saturated carbocycles. The summed E-state index contributed by atoms with van der Waals surface area (Å²) < 4.78 is 6.01. The molecule has 3 nitrogen and oxygen atoms in total. The summed E-state index contributed by atoms with van der Waals surface area (Å²) in [5.41, 5.74) is 1.01. The molecule has 3 aromatic rings. The van der Waals surface area contributed by atoms with Gasteiger partial charge in [-0.05, 0) is 35.2 Å². The fraction of sp³-hybridized carbons (Fsp3) is 0.0625. The number of thiophene rings is 1. The summed E-state index contributed by atoms with van der Waals surface area (Å²) in [5, 5.41) is 10.8. The predicted molar refractivity (Wildman–Crippen MR) is 95.4 cm³/mol. The van der Waals surface area contributed by atoms with Crippen molar-refractivity contribution < 1.29 is 14.6 Å². The van der Waals surface area contributed by atoms with E-state index in [1.165, 1.54) is 11.3 Å². The molecule has 2 aromatic carbocycles. The number of aliphatic carboxylic acids is 1. The van der Waals surface area contributed by atoms with Crippen LogP contribution in [0.2, 0.25) is 15.1 Å². The second-order valence-corrected chi connectivity index (χ2v) is 6.97. The minimum atomic E-state index is -1.08. The van der Waals surface area contributed by atoms with E-state index in [2.05, 4.69) is 0 Å². The Morgan fingerprint density at radius 3 is 2.43 bits per heavy atom. The van der Waals surface area contributed by atoms with Gasteiger partial charge in [-0.25, -0.2) is 4.79 Å². The van der Waals surface area contributed by atoms with Crippen LogP contribution in [-0.4, -0.2) is 17.7 Å². The van der Waals surface area contributed by atoms with Gasteiger partial charge in [0.15, 0.2) is 6.61 Å². The maximum absolute atomic E-state index is 10.6. The van der Waals surface area contributed by atoms with Crippen molar-refractivity contribution in [3.8, 4) is 16.2 Å². The predicted octanol–water partition coefficient (Wildman–Crippen LogP) is 5.99. The summed E-state index contributed by atoms with van der Waals surface area (Å²) in [4.78, 5) is 11.6. The molecule has 3 rings (SSSR count). The summed E-state index contributed by atoms with van der Waals surface area (Å²) >= 11 is 19.9. The van der Waals surface area contributed by atoms with Crippen molar-refractivity contribution in [1.82, 2.24) is 0 Å². The van der Waals surface area contributed by atoms with E-state index in [0.29, 0.717) is 10.0 Å². The third-order valence-electron chi connectivity index (χ3n) is 3.14. The first kappa shape index (κ1) is 16.4. The molecule has 0 spiro atoms. The van der Waals surface area contributed by atoms with Gasteiger partial charge in [-0.1, -0.05) is 46.9 Å². The van der Waals surface area contributed by atoms with Gasteiger partial charge in [0.2, 0.25) is 0 Å². The molecular weight excluding hydrogens is 379 g/mol. The zero-order valence-electron chi connectivity index (χ0n) is 11.5. The first-order valence-electron chi connectivity index (χ1n) is 6.48. The van der Waals surface area contributed by atoms with E-state index in [9.17, 15) is 4.79 Å². The van der Waals surface area contributed by atoms with Gasteiger partial charge < -0.3 is 9.84 Å². The maximum Gasteiger partial charge on any atom is 0.341 e. The molecule has 1 N–H and O–H groups in total. The quantitative estimate of drug-likeness (QED) is 0.598. The fourth-order valence-electron chi connectivity index (χ4n) is 2.10. The molecule has 0 aliphatic heterocycles. The minimum absolute atomic E-state index is 0.213. The minimum Gasteiger partial charge on any atom is -0.480 e. The van der Waals surface area contributed by atoms with Gasteiger partial charge in [0.25, 0.3) is 0 Å². The molecule has 118 valence electrons. The Balaban J connectivity index is 2.06. The summed E-state index contributed by atoms with van der Waals surface area (Å²) in [6.07, 6.45) is 0. The van der Waals surface area contributed by atoms with E-state index in [1.54, 1.807) is 6.07 Å². The number of hydrogen-bond donors (Lipinski definition) is 1. The average Bonchev–Trinajstić information content (AvgIpc) is 2.94. The number of benzene rings is 2. The molecule has 0 unspecified atom stereocenters. The van der Waals surface area contributed by atoms with Crippen LogP contribution in [0.3, 0.4) is 0 Å². The van der Waals surface area contributed by atoms with Gasteiger partial charge in [0.1, 0.15) is 10.8 Å². The normalized spacial score (nSPS) is 10.9. The van der Waals surface area contributed by atoms with Gasteiger partial charge >= 0.3 is 5.97 Å². The van der Waals surface area contributed by atoms with Crippen molar-refractivity contribution in [2.45, 2.75) is 0 Å². The van der Waals surface area contributed by atoms with Crippen LogP contribution in [-0.2, 0) is 4.79 Å². The van der Waals surface area contributed by atoms with Gasteiger partial charge in [-0.2, -0.15) is 0 Å². The molecule has 0 fully saturated rings. The van der Waals surface area contributed by atoms with Crippen molar-refractivity contribution in [3.63, 3.8) is 0 Å². The standard InChI is InChI=1S/C16H9Cl3O3S/c17-10-3-1-8(2-4-10)12-6-9-5-11(22-7-13(20)21)14(18)15(19)16(9)23-12/h1-6H,7H2,(H,20,21). The number of fused-ring (bicyclic) bond motifs is 1. The third kappa shape index (κ3) is 3.40. The average molecular weight is 388 g/mol. The van der Waals surface area contributed by atoms with Crippen LogP contribution in [0.4, 0.5) is 0 Å². The molecule has 7 heteroatoms. The lowest BCUT2D eigenvalue weighted by Gasteiger charge is -2.07. The van der Waals surface area contributed by atoms with Gasteiger partial charge in [0.05, 0.1) is 9.72 Å². The molecule has 0 atom stereocenters. The van der Waals surface area contributed by atoms with Crippen LogP contribution < -0.4 is 4.74 Å². The highest BCUT2D eigenvalue weighted by Crippen LogP contribution is 2.44. The van der Waals surface area contributed by atoms with Crippen LogP contribution in [0.25, 0.3) is 20.5 Å². The van der Waals surface area contributed by atoms with E-state index < -0.39 is 12.6 Å². The van der Waals surface area contributed by atoms with E-state index in [1.807, 2.05) is 30.3 Å².